The minimum absolute atomic E-state index is 0.0243. The van der Waals surface area contributed by atoms with Gasteiger partial charge in [0, 0.05) is 32.1 Å². The highest BCUT2D eigenvalue weighted by Crippen LogP contribution is 2.41. The van der Waals surface area contributed by atoms with Crippen molar-refractivity contribution in [3.05, 3.63) is 83.9 Å². The fourth-order valence-electron chi connectivity index (χ4n) is 4.44. The van der Waals surface area contributed by atoms with E-state index in [0.717, 1.165) is 39.2 Å². The molecule has 1 unspecified atom stereocenters. The van der Waals surface area contributed by atoms with E-state index in [0.29, 0.717) is 23.8 Å². The Kier molecular flexibility index (Phi) is 6.42. The minimum atomic E-state index is -0.0243. The van der Waals surface area contributed by atoms with Crippen molar-refractivity contribution in [1.29, 1.82) is 0 Å². The molecule has 0 bridgehead atoms. The SMILES string of the molecule is O=C(c1ccc(OCCC2CCCCN2)cc1)c1c(-c2ccccc2)sc2cc(O)ccc12. The van der Waals surface area contributed by atoms with E-state index in [4.69, 9.17) is 4.74 Å². The molecule has 0 saturated carbocycles. The number of benzene rings is 3. The summed E-state index contributed by atoms with van der Waals surface area (Å²) in [5.41, 5.74) is 2.30. The highest BCUT2D eigenvalue weighted by Gasteiger charge is 2.22. The van der Waals surface area contributed by atoms with Crippen molar-refractivity contribution < 1.29 is 14.6 Å². The first-order chi connectivity index (χ1) is 16.2. The molecule has 33 heavy (non-hydrogen) atoms. The number of thiophene rings is 1. The second kappa shape index (κ2) is 9.77. The zero-order chi connectivity index (χ0) is 22.6. The van der Waals surface area contributed by atoms with E-state index in [2.05, 4.69) is 5.32 Å². The molecular formula is C28H27NO3S. The van der Waals surface area contributed by atoms with Gasteiger partial charge in [0.1, 0.15) is 11.5 Å². The molecule has 1 atom stereocenters. The standard InChI is InChI=1S/C28H27NO3S/c30-22-11-14-24-25(18-22)33-28(20-6-2-1-3-7-20)26(24)27(31)19-9-12-23(13-10-19)32-17-15-21-8-4-5-16-29-21/h1-3,6-7,9-14,18,21,29-30H,4-5,8,15-17H2. The van der Waals surface area contributed by atoms with Crippen LogP contribution in [0.3, 0.4) is 0 Å². The van der Waals surface area contributed by atoms with Gasteiger partial charge in [0.15, 0.2) is 5.78 Å². The van der Waals surface area contributed by atoms with Crippen molar-refractivity contribution in [2.75, 3.05) is 13.2 Å². The van der Waals surface area contributed by atoms with Crippen molar-refractivity contribution in [2.24, 2.45) is 0 Å². The number of piperidine rings is 1. The monoisotopic (exact) mass is 457 g/mol. The summed E-state index contributed by atoms with van der Waals surface area (Å²) in [7, 11) is 0. The molecule has 3 aromatic carbocycles. The molecule has 5 heteroatoms. The van der Waals surface area contributed by atoms with Gasteiger partial charge in [-0.3, -0.25) is 4.79 Å². The van der Waals surface area contributed by atoms with Gasteiger partial charge in [-0.25, -0.2) is 0 Å². The van der Waals surface area contributed by atoms with Gasteiger partial charge in [-0.15, -0.1) is 11.3 Å². The van der Waals surface area contributed by atoms with Crippen LogP contribution in [0, 0.1) is 0 Å². The molecule has 0 aliphatic carbocycles. The molecule has 5 rings (SSSR count). The lowest BCUT2D eigenvalue weighted by molar-refractivity contribution is 0.104. The van der Waals surface area contributed by atoms with Crippen molar-refractivity contribution in [2.45, 2.75) is 31.7 Å². The largest absolute Gasteiger partial charge is 0.508 e. The third kappa shape index (κ3) is 4.80. The van der Waals surface area contributed by atoms with Crippen LogP contribution in [0.5, 0.6) is 11.5 Å². The van der Waals surface area contributed by atoms with Crippen LogP contribution in [0.4, 0.5) is 0 Å². The Labute approximate surface area is 197 Å². The Morgan fingerprint density at radius 1 is 1.03 bits per heavy atom. The molecule has 1 fully saturated rings. The number of fused-ring (bicyclic) bond motifs is 1. The highest BCUT2D eigenvalue weighted by atomic mass is 32.1. The van der Waals surface area contributed by atoms with Gasteiger partial charge in [-0.05, 0) is 73.8 Å². The molecule has 4 aromatic rings. The van der Waals surface area contributed by atoms with Gasteiger partial charge < -0.3 is 15.2 Å². The summed E-state index contributed by atoms with van der Waals surface area (Å²) in [5, 5.41) is 14.4. The predicted molar refractivity (Wildman–Crippen MR) is 135 cm³/mol. The van der Waals surface area contributed by atoms with Crippen molar-refractivity contribution in [3.63, 3.8) is 0 Å². The lowest BCUT2D eigenvalue weighted by atomic mass is 9.97. The molecule has 1 aromatic heterocycles. The number of phenolic OH excluding ortho intramolecular Hbond substituents is 1. The molecule has 2 heterocycles. The lowest BCUT2D eigenvalue weighted by Crippen LogP contribution is -2.35. The Morgan fingerprint density at radius 3 is 2.61 bits per heavy atom. The van der Waals surface area contributed by atoms with Crippen LogP contribution in [0.15, 0.2) is 72.8 Å². The molecule has 168 valence electrons. The van der Waals surface area contributed by atoms with Gasteiger partial charge in [0.2, 0.25) is 0 Å². The molecular weight excluding hydrogens is 430 g/mol. The number of hydrogen-bond acceptors (Lipinski definition) is 5. The Bertz CT molecular complexity index is 1240. The summed E-state index contributed by atoms with van der Waals surface area (Å²) < 4.78 is 6.83. The van der Waals surface area contributed by atoms with Crippen molar-refractivity contribution in [1.82, 2.24) is 5.32 Å². The Morgan fingerprint density at radius 2 is 1.85 bits per heavy atom. The number of ketones is 1. The maximum absolute atomic E-state index is 13.6. The van der Waals surface area contributed by atoms with E-state index in [9.17, 15) is 9.90 Å². The molecule has 1 aliphatic rings. The summed E-state index contributed by atoms with van der Waals surface area (Å²) in [6.07, 6.45) is 4.76. The van der Waals surface area contributed by atoms with Crippen LogP contribution in [0.2, 0.25) is 0 Å². The molecule has 4 nitrogen and oxygen atoms in total. The van der Waals surface area contributed by atoms with Crippen molar-refractivity contribution >= 4 is 27.2 Å². The summed E-state index contributed by atoms with van der Waals surface area (Å²) in [5.74, 6) is 0.960. The number of nitrogens with one attached hydrogen (secondary N) is 1. The fraction of sp³-hybridized carbons (Fsp3) is 0.250. The van der Waals surface area contributed by atoms with Crippen LogP contribution in [0.1, 0.15) is 41.6 Å². The van der Waals surface area contributed by atoms with Gasteiger partial charge in [-0.1, -0.05) is 36.8 Å². The predicted octanol–water partition coefficient (Wildman–Crippen LogP) is 6.42. The van der Waals surface area contributed by atoms with Crippen LogP contribution < -0.4 is 10.1 Å². The van der Waals surface area contributed by atoms with Gasteiger partial charge >= 0.3 is 0 Å². The second-order valence-corrected chi connectivity index (χ2v) is 9.54. The Hall–Kier alpha value is -3.15. The van der Waals surface area contributed by atoms with E-state index in [-0.39, 0.29) is 11.5 Å². The second-order valence-electron chi connectivity index (χ2n) is 8.49. The topological polar surface area (TPSA) is 58.6 Å². The number of carbonyl (C=O) groups is 1. The number of rotatable bonds is 7. The van der Waals surface area contributed by atoms with E-state index in [1.54, 1.807) is 12.1 Å². The average molecular weight is 458 g/mol. The summed E-state index contributed by atoms with van der Waals surface area (Å²) in [6, 6.07) is 23.1. The number of carbonyl (C=O) groups excluding carboxylic acids is 1. The minimum Gasteiger partial charge on any atom is -0.508 e. The molecule has 2 N–H and O–H groups in total. The molecule has 1 saturated heterocycles. The van der Waals surface area contributed by atoms with Crippen LogP contribution in [-0.2, 0) is 0 Å². The smallest absolute Gasteiger partial charge is 0.195 e. The third-order valence-electron chi connectivity index (χ3n) is 6.20. The summed E-state index contributed by atoms with van der Waals surface area (Å²) in [6.45, 7) is 1.77. The number of hydrogen-bond donors (Lipinski definition) is 2. The van der Waals surface area contributed by atoms with E-state index < -0.39 is 0 Å². The lowest BCUT2D eigenvalue weighted by Gasteiger charge is -2.23. The third-order valence-corrected chi connectivity index (χ3v) is 7.40. The number of phenols is 1. The zero-order valence-electron chi connectivity index (χ0n) is 18.4. The van der Waals surface area contributed by atoms with Crippen molar-refractivity contribution in [3.8, 4) is 21.9 Å². The first-order valence-electron chi connectivity index (χ1n) is 11.5. The van der Waals surface area contributed by atoms with E-state index in [1.807, 2.05) is 60.7 Å². The number of ether oxygens (including phenoxy) is 1. The van der Waals surface area contributed by atoms with E-state index >= 15 is 0 Å². The highest BCUT2D eigenvalue weighted by molar-refractivity contribution is 7.22. The normalized spacial score (nSPS) is 16.1. The zero-order valence-corrected chi connectivity index (χ0v) is 19.2. The summed E-state index contributed by atoms with van der Waals surface area (Å²) >= 11 is 1.53. The average Bonchev–Trinajstić information content (AvgIpc) is 3.24. The van der Waals surface area contributed by atoms with Gasteiger partial charge in [-0.2, -0.15) is 0 Å². The fourth-order valence-corrected chi connectivity index (χ4v) is 5.68. The Balaban J connectivity index is 1.38. The molecule has 0 spiro atoms. The van der Waals surface area contributed by atoms with Crippen LogP contribution in [-0.4, -0.2) is 30.1 Å². The van der Waals surface area contributed by atoms with Gasteiger partial charge in [0.05, 0.1) is 6.61 Å². The molecule has 0 radical (unpaired) electrons. The van der Waals surface area contributed by atoms with Crippen LogP contribution in [0.25, 0.3) is 20.5 Å². The number of aromatic hydroxyl groups is 1. The molecule has 1 aliphatic heterocycles. The maximum Gasteiger partial charge on any atom is 0.195 e. The first kappa shape index (κ1) is 21.7. The van der Waals surface area contributed by atoms with Crippen LogP contribution >= 0.6 is 11.3 Å². The first-order valence-corrected chi connectivity index (χ1v) is 12.3. The maximum atomic E-state index is 13.6. The quantitative estimate of drug-likeness (QED) is 0.315. The van der Waals surface area contributed by atoms with E-state index in [1.165, 1.54) is 30.6 Å². The van der Waals surface area contributed by atoms with Gasteiger partial charge in [0.25, 0.3) is 0 Å². The molecule has 0 amide bonds. The summed E-state index contributed by atoms with van der Waals surface area (Å²) in [4.78, 5) is 14.5.